The van der Waals surface area contributed by atoms with Crippen LogP contribution in [-0.2, 0) is 36.8 Å². The van der Waals surface area contributed by atoms with Crippen LogP contribution in [0.25, 0.3) is 16.5 Å². The summed E-state index contributed by atoms with van der Waals surface area (Å²) in [6, 6.07) is 16.3. The van der Waals surface area contributed by atoms with Crippen LogP contribution in [0, 0.1) is 0 Å². The van der Waals surface area contributed by atoms with E-state index < -0.39 is 71.0 Å². The van der Waals surface area contributed by atoms with Gasteiger partial charge in [0.25, 0.3) is 0 Å². The number of fused-ring (bicyclic) bond motifs is 2. The second-order valence-corrected chi connectivity index (χ2v) is 21.4. The molecule has 20 heteroatoms. The maximum atomic E-state index is 15.1. The van der Waals surface area contributed by atoms with E-state index >= 15 is 9.59 Å². The van der Waals surface area contributed by atoms with Gasteiger partial charge in [-0.25, -0.2) is 14.4 Å². The highest BCUT2D eigenvalue weighted by Gasteiger charge is 2.35. The van der Waals surface area contributed by atoms with E-state index in [-0.39, 0.29) is 57.5 Å². The predicted molar refractivity (Wildman–Crippen MR) is 281 cm³/mol. The van der Waals surface area contributed by atoms with Gasteiger partial charge in [-0.3, -0.25) is 18.8 Å². The molecule has 6 rings (SSSR count). The van der Waals surface area contributed by atoms with E-state index in [9.17, 15) is 29.4 Å². The second kappa shape index (κ2) is 24.8. The van der Waals surface area contributed by atoms with Gasteiger partial charge in [0.1, 0.15) is 34.6 Å². The molecule has 392 valence electrons. The average molecular weight is 1040 g/mol. The van der Waals surface area contributed by atoms with Crippen LogP contribution in [-0.4, -0.2) is 123 Å². The van der Waals surface area contributed by atoms with Gasteiger partial charge in [-0.05, 0) is 120 Å². The largest absolute Gasteiger partial charge is 0.507 e. The Balaban J connectivity index is 1.41. The Kier molecular flexibility index (Phi) is 18.9. The number of para-hydroxylation sites is 1. The van der Waals surface area contributed by atoms with E-state index in [1.54, 1.807) is 53.8 Å². The van der Waals surface area contributed by atoms with Crippen LogP contribution < -0.4 is 26.6 Å². The van der Waals surface area contributed by atoms with Crippen molar-refractivity contribution < 1.29 is 48.5 Å². The molecule has 2 aliphatic heterocycles. The number of likely N-dealkylation sites (N-methyl/N-ethyl adjacent to an activating group) is 1. The summed E-state index contributed by atoms with van der Waals surface area (Å²) < 4.78 is 12.3. The van der Waals surface area contributed by atoms with Crippen molar-refractivity contribution in [3.8, 4) is 5.75 Å². The number of nitrogens with one attached hydrogen (secondary N) is 6. The van der Waals surface area contributed by atoms with Crippen molar-refractivity contribution in [3.05, 3.63) is 112 Å². The van der Waals surface area contributed by atoms with Gasteiger partial charge in [0, 0.05) is 79.0 Å². The van der Waals surface area contributed by atoms with Crippen LogP contribution in [0.4, 0.5) is 9.59 Å². The zero-order valence-electron chi connectivity index (χ0n) is 42.4. The first-order valence-corrected chi connectivity index (χ1v) is 25.5. The Hall–Kier alpha value is -6.70. The minimum atomic E-state index is -1.30. The first-order chi connectivity index (χ1) is 34.6. The molecule has 0 radical (unpaired) electrons. The molecule has 0 spiro atoms. The second-order valence-electron chi connectivity index (χ2n) is 19.9. The zero-order chi connectivity index (χ0) is 53.0. The molecule has 2 aliphatic rings. The lowest BCUT2D eigenvalue weighted by Crippen LogP contribution is -2.57. The summed E-state index contributed by atoms with van der Waals surface area (Å²) in [5.41, 5.74) is 2.35. The lowest BCUT2D eigenvalue weighted by atomic mass is 9.94. The van der Waals surface area contributed by atoms with E-state index in [2.05, 4.69) is 31.6 Å². The van der Waals surface area contributed by atoms with Crippen molar-refractivity contribution in [1.82, 2.24) is 40.9 Å². The minimum Gasteiger partial charge on any atom is -0.507 e. The molecule has 0 aliphatic carbocycles. The molecule has 18 nitrogen and oxygen atoms in total. The van der Waals surface area contributed by atoms with E-state index in [1.807, 2.05) is 54.6 Å². The number of alkyl carbamates (subject to hydrolysis) is 2. The van der Waals surface area contributed by atoms with Crippen molar-refractivity contribution in [2.75, 3.05) is 33.2 Å². The number of amides is 5. The third-order valence-corrected chi connectivity index (χ3v) is 13.7. The van der Waals surface area contributed by atoms with Crippen molar-refractivity contribution in [1.29, 1.82) is 0 Å². The van der Waals surface area contributed by atoms with Crippen LogP contribution in [0.5, 0.6) is 5.75 Å². The van der Waals surface area contributed by atoms with Crippen molar-refractivity contribution in [2.24, 2.45) is 0 Å². The molecule has 8 N–H and O–H groups in total. The smallest absolute Gasteiger partial charge is 0.407 e. The first-order valence-electron chi connectivity index (χ1n) is 24.3. The van der Waals surface area contributed by atoms with Crippen LogP contribution in [0.3, 0.4) is 0 Å². The van der Waals surface area contributed by atoms with Gasteiger partial charge in [-0.2, -0.15) is 0 Å². The summed E-state index contributed by atoms with van der Waals surface area (Å²) in [6.07, 6.45) is 4.13. The third-order valence-electron chi connectivity index (χ3n) is 12.0. The van der Waals surface area contributed by atoms with Gasteiger partial charge < -0.3 is 56.2 Å². The number of ether oxygens (including phenoxy) is 2. The summed E-state index contributed by atoms with van der Waals surface area (Å²) in [5.74, 6) is -3.25. The predicted octanol–water partition coefficient (Wildman–Crippen LogP) is 7.57. The summed E-state index contributed by atoms with van der Waals surface area (Å²) in [7, 11) is 1.54. The number of carboxylic acid groups (broad SMARTS) is 1. The van der Waals surface area contributed by atoms with E-state index in [0.29, 0.717) is 41.0 Å². The fraction of sp³-hybridized carbons (Fsp3) is 0.434. The van der Waals surface area contributed by atoms with E-state index in [0.717, 1.165) is 26.9 Å². The van der Waals surface area contributed by atoms with E-state index in [1.165, 1.54) is 40.3 Å². The number of aromatic carboxylic acids is 1. The number of phenols is 1. The van der Waals surface area contributed by atoms with Gasteiger partial charge in [-0.1, -0.05) is 60.3 Å². The number of aromatic amines is 1. The lowest BCUT2D eigenvalue weighted by Gasteiger charge is -2.32. The average Bonchev–Trinajstić information content (AvgIpc) is 3.73. The molecule has 1 aromatic heterocycles. The van der Waals surface area contributed by atoms with Crippen LogP contribution >= 0.6 is 23.5 Å². The topological polar surface area (TPSA) is 244 Å². The Morgan fingerprint density at radius 1 is 0.836 bits per heavy atom. The van der Waals surface area contributed by atoms with Crippen LogP contribution in [0.15, 0.2) is 94.5 Å². The quantitative estimate of drug-likeness (QED) is 0.0477. The molecule has 3 atom stereocenters. The number of benzene rings is 3. The molecule has 0 fully saturated rings. The van der Waals surface area contributed by atoms with Crippen molar-refractivity contribution in [2.45, 2.75) is 121 Å². The molecule has 4 aromatic rings. The number of halogens is 1. The highest BCUT2D eigenvalue weighted by Crippen LogP contribution is 2.42. The molecule has 0 unspecified atom stereocenters. The standard InChI is InChI=1S/C53H67ClN8O10S/c1-52(2,3)71-50(69)55-24-13-12-18-41-47(66)61(7)42(27-34-30-57-39-17-10-9-16-36(34)39)46(65)59-31-38-35(32-21-22-37(49(67)68)43(63)28-32)23-26-62(54)48(38)73-44-20-11-8-15-33(44)29-58-40(45(64)60-41)19-14-25-56-51(70)72-53(4,5)6/h8-11,15-17,20-23,28,30,40-42,57-58,63H,12-14,18-19,24-27,29,31H2,1-7H3,(H,55,69)(H,56,70)(H,59,65)(H,60,64)(H,67,68)/t40-,41-,42-/m0/s1. The van der Waals surface area contributed by atoms with Gasteiger partial charge in [-0.15, -0.1) is 0 Å². The lowest BCUT2D eigenvalue weighted by molar-refractivity contribution is -0.142. The SMILES string of the molecule is CN1C(=O)[C@H](CCCCNC(=O)OC(C)(C)C)NC(=O)[C@H](CCCNC(=O)OC(C)(C)C)NCc2ccccc2SC2=C(CNC(=O)[C@@H]1Cc1c[nH]c3ccccc13)C(c1ccc(C(=O)O)c(O)c1)=CCN2Cl. The maximum absolute atomic E-state index is 15.1. The molecule has 3 aromatic carbocycles. The van der Waals surface area contributed by atoms with Gasteiger partial charge in [0.05, 0.1) is 17.6 Å². The van der Waals surface area contributed by atoms with Crippen LogP contribution in [0.2, 0.25) is 0 Å². The molecule has 3 heterocycles. The summed E-state index contributed by atoms with van der Waals surface area (Å²) >= 11 is 8.39. The fourth-order valence-electron chi connectivity index (χ4n) is 8.43. The number of hydrogen-bond donors (Lipinski definition) is 8. The van der Waals surface area contributed by atoms with Gasteiger partial charge in [0.2, 0.25) is 17.7 Å². The Morgan fingerprint density at radius 3 is 2.18 bits per heavy atom. The number of aromatic nitrogens is 1. The van der Waals surface area contributed by atoms with Gasteiger partial charge in [0.15, 0.2) is 0 Å². The highest BCUT2D eigenvalue weighted by atomic mass is 35.5. The maximum Gasteiger partial charge on any atom is 0.407 e. The van der Waals surface area contributed by atoms with Crippen LogP contribution in [0.1, 0.15) is 101 Å². The fourth-order valence-corrected chi connectivity index (χ4v) is 9.81. The molecule has 0 bridgehead atoms. The number of hydrogen-bond acceptors (Lipinski definition) is 12. The molecule has 73 heavy (non-hydrogen) atoms. The Morgan fingerprint density at radius 2 is 1.49 bits per heavy atom. The summed E-state index contributed by atoms with van der Waals surface area (Å²) in [4.78, 5) is 87.1. The number of carbonyl (C=O) groups excluding carboxylic acids is 5. The molecule has 0 saturated heterocycles. The monoisotopic (exact) mass is 1040 g/mol. The number of carbonyl (C=O) groups is 6. The van der Waals surface area contributed by atoms with Crippen molar-refractivity contribution in [3.63, 3.8) is 0 Å². The number of thioether (sulfide) groups is 1. The Labute approximate surface area is 435 Å². The number of unbranched alkanes of at least 4 members (excludes halogenated alkanes) is 1. The summed E-state index contributed by atoms with van der Waals surface area (Å²) in [5, 5.41) is 37.0. The normalized spacial score (nSPS) is 18.4. The number of rotatable bonds is 13. The summed E-state index contributed by atoms with van der Waals surface area (Å²) in [6.45, 7) is 11.3. The number of aromatic hydroxyl groups is 1. The zero-order valence-corrected chi connectivity index (χ0v) is 43.9. The Bertz CT molecular complexity index is 2730. The third kappa shape index (κ3) is 15.7. The molecular formula is C53H67ClN8O10S. The first kappa shape index (κ1) is 55.6. The number of carboxylic acids is 1. The highest BCUT2D eigenvalue weighted by molar-refractivity contribution is 8.03. The minimum absolute atomic E-state index is 0.0796. The molecule has 5 amide bonds. The van der Waals surface area contributed by atoms with E-state index in [4.69, 9.17) is 21.3 Å². The number of H-pyrrole nitrogens is 1. The van der Waals surface area contributed by atoms with Gasteiger partial charge >= 0.3 is 18.2 Å². The number of nitrogens with zero attached hydrogens (tertiary/aromatic N) is 2. The molecule has 0 saturated carbocycles. The van der Waals surface area contributed by atoms with Crippen molar-refractivity contribution >= 4 is 75.9 Å². The molecular weight excluding hydrogens is 976 g/mol.